The second kappa shape index (κ2) is 6.18. The van der Waals surface area contributed by atoms with E-state index in [-0.39, 0.29) is 16.4 Å². The fourth-order valence-corrected chi connectivity index (χ4v) is 3.34. The topological polar surface area (TPSA) is 59.1 Å². The van der Waals surface area contributed by atoms with Crippen LogP contribution in [0.1, 0.15) is 45.0 Å². The molecule has 1 unspecified atom stereocenters. The third-order valence-corrected chi connectivity index (χ3v) is 5.05. The zero-order chi connectivity index (χ0) is 16.4. The van der Waals surface area contributed by atoms with Gasteiger partial charge in [0.05, 0.1) is 16.6 Å². The Hall–Kier alpha value is -1.72. The summed E-state index contributed by atoms with van der Waals surface area (Å²) >= 11 is 0. The minimum atomic E-state index is -3.56. The number of nitrogens with zero attached hydrogens (tertiary/aromatic N) is 1. The van der Waals surface area contributed by atoms with E-state index in [9.17, 15) is 8.42 Å². The predicted octanol–water partition coefficient (Wildman–Crippen LogP) is 3.42. The number of pyridine rings is 1. The van der Waals surface area contributed by atoms with Gasteiger partial charge in [-0.3, -0.25) is 4.98 Å². The Morgan fingerprint density at radius 1 is 1.05 bits per heavy atom. The molecule has 4 nitrogen and oxygen atoms in total. The minimum absolute atomic E-state index is 0.00301. The van der Waals surface area contributed by atoms with Crippen molar-refractivity contribution in [2.24, 2.45) is 0 Å². The molecule has 1 aromatic carbocycles. The molecule has 1 N–H and O–H groups in total. The first-order chi connectivity index (χ1) is 10.2. The van der Waals surface area contributed by atoms with Gasteiger partial charge in [-0.1, -0.05) is 39.0 Å². The molecule has 0 saturated carbocycles. The molecule has 0 aliphatic heterocycles. The lowest BCUT2D eigenvalue weighted by Crippen LogP contribution is -2.27. The number of hydrogen-bond acceptors (Lipinski definition) is 3. The molecule has 0 radical (unpaired) electrons. The average molecular weight is 318 g/mol. The molecule has 0 aliphatic rings. The summed E-state index contributed by atoms with van der Waals surface area (Å²) in [6.07, 6.45) is 1.65. The van der Waals surface area contributed by atoms with Gasteiger partial charge in [-0.25, -0.2) is 13.1 Å². The lowest BCUT2D eigenvalue weighted by atomic mass is 9.87. The van der Waals surface area contributed by atoms with Gasteiger partial charge in [0.15, 0.2) is 0 Å². The van der Waals surface area contributed by atoms with Crippen molar-refractivity contribution in [2.45, 2.75) is 44.0 Å². The highest BCUT2D eigenvalue weighted by Gasteiger charge is 2.20. The molecule has 0 spiro atoms. The van der Waals surface area contributed by atoms with Gasteiger partial charge < -0.3 is 0 Å². The van der Waals surface area contributed by atoms with Crippen LogP contribution in [0.5, 0.6) is 0 Å². The van der Waals surface area contributed by atoms with E-state index in [1.54, 1.807) is 37.4 Å². The van der Waals surface area contributed by atoms with Crippen molar-refractivity contribution in [3.63, 3.8) is 0 Å². The Balaban J connectivity index is 2.20. The van der Waals surface area contributed by atoms with Crippen LogP contribution in [0.2, 0.25) is 0 Å². The summed E-state index contributed by atoms with van der Waals surface area (Å²) in [5, 5.41) is 0. The second-order valence-electron chi connectivity index (χ2n) is 6.37. The van der Waals surface area contributed by atoms with Gasteiger partial charge in [0, 0.05) is 6.20 Å². The second-order valence-corrected chi connectivity index (χ2v) is 8.09. The fourth-order valence-electron chi connectivity index (χ4n) is 2.13. The highest BCUT2D eigenvalue weighted by Crippen LogP contribution is 2.24. The predicted molar refractivity (Wildman–Crippen MR) is 88.1 cm³/mol. The van der Waals surface area contributed by atoms with Gasteiger partial charge in [0.2, 0.25) is 10.0 Å². The number of sulfonamides is 1. The van der Waals surface area contributed by atoms with E-state index in [0.29, 0.717) is 5.69 Å². The van der Waals surface area contributed by atoms with Gasteiger partial charge in [0.1, 0.15) is 0 Å². The van der Waals surface area contributed by atoms with Gasteiger partial charge >= 0.3 is 0 Å². The van der Waals surface area contributed by atoms with Crippen molar-refractivity contribution in [2.75, 3.05) is 0 Å². The molecule has 2 aromatic rings. The van der Waals surface area contributed by atoms with Gasteiger partial charge in [-0.15, -0.1) is 0 Å². The lowest BCUT2D eigenvalue weighted by molar-refractivity contribution is 0.562. The zero-order valence-corrected chi connectivity index (χ0v) is 14.2. The molecule has 0 aliphatic carbocycles. The molecule has 22 heavy (non-hydrogen) atoms. The first-order valence-electron chi connectivity index (χ1n) is 7.24. The van der Waals surface area contributed by atoms with Crippen LogP contribution in [-0.2, 0) is 15.4 Å². The van der Waals surface area contributed by atoms with E-state index < -0.39 is 10.0 Å². The van der Waals surface area contributed by atoms with E-state index in [0.717, 1.165) is 5.56 Å². The standard InChI is InChI=1S/C17H22N2O2S/c1-13(16-7-5-6-12-18-16)19-22(20,21)15-10-8-14(9-11-15)17(2,3)4/h5-13,19H,1-4H3. The molecule has 1 heterocycles. The highest BCUT2D eigenvalue weighted by molar-refractivity contribution is 7.89. The zero-order valence-electron chi connectivity index (χ0n) is 13.4. The van der Waals surface area contributed by atoms with E-state index in [1.165, 1.54) is 0 Å². The summed E-state index contributed by atoms with van der Waals surface area (Å²) in [7, 11) is -3.56. The quantitative estimate of drug-likeness (QED) is 0.939. The Kier molecular flexibility index (Phi) is 4.68. The molecule has 0 saturated heterocycles. The van der Waals surface area contributed by atoms with Crippen LogP contribution in [0, 0.1) is 0 Å². The minimum Gasteiger partial charge on any atom is -0.260 e. The summed E-state index contributed by atoms with van der Waals surface area (Å²) in [5.41, 5.74) is 1.79. The average Bonchev–Trinajstić information content (AvgIpc) is 2.47. The molecular weight excluding hydrogens is 296 g/mol. The Labute approximate surface area is 132 Å². The third-order valence-electron chi connectivity index (χ3n) is 3.49. The van der Waals surface area contributed by atoms with Crippen molar-refractivity contribution in [3.8, 4) is 0 Å². The van der Waals surface area contributed by atoms with Gasteiger partial charge in [-0.05, 0) is 42.2 Å². The van der Waals surface area contributed by atoms with Crippen LogP contribution in [0.4, 0.5) is 0 Å². The molecular formula is C17H22N2O2S. The number of benzene rings is 1. The molecule has 5 heteroatoms. The SMILES string of the molecule is CC(NS(=O)(=O)c1ccc(C(C)(C)C)cc1)c1ccccn1. The smallest absolute Gasteiger partial charge is 0.241 e. The summed E-state index contributed by atoms with van der Waals surface area (Å²) in [6.45, 7) is 8.07. The van der Waals surface area contributed by atoms with Gasteiger partial charge in [0.25, 0.3) is 0 Å². The van der Waals surface area contributed by atoms with E-state index in [2.05, 4.69) is 30.5 Å². The number of hydrogen-bond donors (Lipinski definition) is 1. The lowest BCUT2D eigenvalue weighted by Gasteiger charge is -2.19. The van der Waals surface area contributed by atoms with Crippen LogP contribution in [0.3, 0.4) is 0 Å². The molecule has 0 bridgehead atoms. The number of nitrogens with one attached hydrogen (secondary N) is 1. The normalized spacial score (nSPS) is 13.8. The van der Waals surface area contributed by atoms with E-state index in [4.69, 9.17) is 0 Å². The molecule has 0 fully saturated rings. The number of rotatable bonds is 4. The maximum Gasteiger partial charge on any atom is 0.241 e. The fraction of sp³-hybridized carbons (Fsp3) is 0.353. The Morgan fingerprint density at radius 3 is 2.18 bits per heavy atom. The summed E-state index contributed by atoms with van der Waals surface area (Å²) in [4.78, 5) is 4.44. The van der Waals surface area contributed by atoms with Crippen molar-refractivity contribution in [1.82, 2.24) is 9.71 Å². The Morgan fingerprint density at radius 2 is 1.68 bits per heavy atom. The Bertz CT molecular complexity index is 718. The third kappa shape index (κ3) is 3.93. The van der Waals surface area contributed by atoms with Crippen LogP contribution in [-0.4, -0.2) is 13.4 Å². The summed E-state index contributed by atoms with van der Waals surface area (Å²) in [6, 6.07) is 12.1. The largest absolute Gasteiger partial charge is 0.260 e. The van der Waals surface area contributed by atoms with E-state index in [1.807, 2.05) is 18.2 Å². The van der Waals surface area contributed by atoms with E-state index >= 15 is 0 Å². The summed E-state index contributed by atoms with van der Waals surface area (Å²) in [5.74, 6) is 0. The van der Waals surface area contributed by atoms with Crippen LogP contribution in [0.25, 0.3) is 0 Å². The van der Waals surface area contributed by atoms with Crippen molar-refractivity contribution < 1.29 is 8.42 Å². The maximum atomic E-state index is 12.4. The first kappa shape index (κ1) is 16.6. The van der Waals surface area contributed by atoms with Gasteiger partial charge in [-0.2, -0.15) is 0 Å². The number of aromatic nitrogens is 1. The first-order valence-corrected chi connectivity index (χ1v) is 8.72. The molecule has 0 amide bonds. The van der Waals surface area contributed by atoms with Crippen molar-refractivity contribution in [3.05, 3.63) is 59.9 Å². The van der Waals surface area contributed by atoms with Crippen LogP contribution < -0.4 is 4.72 Å². The van der Waals surface area contributed by atoms with Crippen molar-refractivity contribution in [1.29, 1.82) is 0 Å². The van der Waals surface area contributed by atoms with Crippen molar-refractivity contribution >= 4 is 10.0 Å². The maximum absolute atomic E-state index is 12.4. The highest BCUT2D eigenvalue weighted by atomic mass is 32.2. The molecule has 2 rings (SSSR count). The summed E-state index contributed by atoms with van der Waals surface area (Å²) < 4.78 is 27.5. The van der Waals surface area contributed by atoms with Crippen LogP contribution in [0.15, 0.2) is 53.6 Å². The monoisotopic (exact) mass is 318 g/mol. The molecule has 1 atom stereocenters. The van der Waals surface area contributed by atoms with Crippen LogP contribution >= 0.6 is 0 Å². The molecule has 118 valence electrons. The molecule has 1 aromatic heterocycles.